The summed E-state index contributed by atoms with van der Waals surface area (Å²) in [6, 6.07) is 14.0. The highest BCUT2D eigenvalue weighted by molar-refractivity contribution is 6.30. The number of hydrogen-bond donors (Lipinski definition) is 3. The minimum Gasteiger partial charge on any atom is -0.480 e. The van der Waals surface area contributed by atoms with Crippen LogP contribution in [0, 0.1) is 5.92 Å². The Morgan fingerprint density at radius 2 is 1.61 bits per heavy atom. The predicted octanol–water partition coefficient (Wildman–Crippen LogP) is 3.34. The molecule has 2 amide bonds. The van der Waals surface area contributed by atoms with E-state index in [1.165, 1.54) is 6.08 Å². The van der Waals surface area contributed by atoms with Crippen molar-refractivity contribution in [3.8, 4) is 0 Å². The van der Waals surface area contributed by atoms with Gasteiger partial charge in [0.1, 0.15) is 11.7 Å². The monoisotopic (exact) mass is 400 g/mol. The summed E-state index contributed by atoms with van der Waals surface area (Å²) in [5.41, 5.74) is 0.929. The molecule has 0 aliphatic rings. The van der Waals surface area contributed by atoms with Crippen LogP contribution in [0.25, 0.3) is 6.08 Å². The van der Waals surface area contributed by atoms with E-state index in [2.05, 4.69) is 10.6 Å². The average molecular weight is 401 g/mol. The molecule has 0 bridgehead atoms. The van der Waals surface area contributed by atoms with Gasteiger partial charge in [0.2, 0.25) is 0 Å². The summed E-state index contributed by atoms with van der Waals surface area (Å²) in [6.45, 7) is 3.37. The van der Waals surface area contributed by atoms with Crippen LogP contribution < -0.4 is 10.6 Å². The standard InChI is InChI=1S/C21H21ClN2O4/c1-13(2)18(21(27)28)24-20(26)17(12-14-8-10-16(22)11-9-14)23-19(25)15-6-4-3-5-7-15/h3-13,18H,1-2H3,(H,23,25)(H,24,26)(H,27,28). The Morgan fingerprint density at radius 3 is 2.14 bits per heavy atom. The molecule has 0 aromatic heterocycles. The first kappa shape index (κ1) is 21.2. The number of amides is 2. The summed E-state index contributed by atoms with van der Waals surface area (Å²) in [5, 5.41) is 14.9. The van der Waals surface area contributed by atoms with Crippen molar-refractivity contribution in [1.29, 1.82) is 0 Å². The minimum atomic E-state index is -1.15. The molecule has 0 radical (unpaired) electrons. The number of carbonyl (C=O) groups excluding carboxylic acids is 2. The van der Waals surface area contributed by atoms with Gasteiger partial charge in [0.05, 0.1) is 0 Å². The number of rotatable bonds is 7. The zero-order valence-corrected chi connectivity index (χ0v) is 16.2. The first-order valence-electron chi connectivity index (χ1n) is 8.65. The predicted molar refractivity (Wildman–Crippen MR) is 108 cm³/mol. The van der Waals surface area contributed by atoms with E-state index in [0.717, 1.165) is 0 Å². The molecule has 1 atom stereocenters. The first-order valence-corrected chi connectivity index (χ1v) is 9.03. The van der Waals surface area contributed by atoms with Gasteiger partial charge in [0, 0.05) is 10.6 Å². The van der Waals surface area contributed by atoms with E-state index in [-0.39, 0.29) is 11.6 Å². The fourth-order valence-electron chi connectivity index (χ4n) is 2.40. The SMILES string of the molecule is CC(C)C(NC(=O)C(=Cc1ccc(Cl)cc1)NC(=O)c1ccccc1)C(=O)O. The fourth-order valence-corrected chi connectivity index (χ4v) is 2.53. The Bertz CT molecular complexity index is 877. The number of carboxylic acids is 1. The van der Waals surface area contributed by atoms with Crippen LogP contribution in [0.3, 0.4) is 0 Å². The quantitative estimate of drug-likeness (QED) is 0.621. The summed E-state index contributed by atoms with van der Waals surface area (Å²) >= 11 is 5.88. The maximum atomic E-state index is 12.7. The van der Waals surface area contributed by atoms with Gasteiger partial charge in [-0.3, -0.25) is 9.59 Å². The average Bonchev–Trinajstić information content (AvgIpc) is 2.67. The Hall–Kier alpha value is -3.12. The minimum absolute atomic E-state index is 0.0666. The number of carbonyl (C=O) groups is 3. The molecule has 0 fully saturated rings. The molecule has 0 aliphatic heterocycles. The van der Waals surface area contributed by atoms with E-state index in [1.54, 1.807) is 68.4 Å². The maximum absolute atomic E-state index is 12.7. The molecule has 1 unspecified atom stereocenters. The third-order valence-electron chi connectivity index (χ3n) is 3.93. The number of nitrogens with one attached hydrogen (secondary N) is 2. The van der Waals surface area contributed by atoms with Crippen molar-refractivity contribution in [2.75, 3.05) is 0 Å². The molecule has 0 saturated heterocycles. The third kappa shape index (κ3) is 5.96. The van der Waals surface area contributed by atoms with Gasteiger partial charge < -0.3 is 15.7 Å². The van der Waals surface area contributed by atoms with Gasteiger partial charge in [0.25, 0.3) is 11.8 Å². The molecule has 0 heterocycles. The number of halogens is 1. The van der Waals surface area contributed by atoms with Gasteiger partial charge in [-0.2, -0.15) is 0 Å². The van der Waals surface area contributed by atoms with Gasteiger partial charge in [-0.15, -0.1) is 0 Å². The molecule has 0 saturated carbocycles. The second kappa shape index (κ2) is 9.71. The fraction of sp³-hybridized carbons (Fsp3) is 0.190. The Kier molecular flexibility index (Phi) is 7.35. The van der Waals surface area contributed by atoms with Gasteiger partial charge in [0.15, 0.2) is 0 Å². The summed E-state index contributed by atoms with van der Waals surface area (Å²) < 4.78 is 0. The highest BCUT2D eigenvalue weighted by Gasteiger charge is 2.25. The second-order valence-electron chi connectivity index (χ2n) is 6.46. The van der Waals surface area contributed by atoms with E-state index in [0.29, 0.717) is 16.1 Å². The third-order valence-corrected chi connectivity index (χ3v) is 4.18. The lowest BCUT2D eigenvalue weighted by atomic mass is 10.0. The van der Waals surface area contributed by atoms with Crippen LogP contribution in [0.1, 0.15) is 29.8 Å². The number of aliphatic carboxylic acids is 1. The maximum Gasteiger partial charge on any atom is 0.326 e. The van der Waals surface area contributed by atoms with Gasteiger partial charge in [-0.1, -0.05) is 55.8 Å². The van der Waals surface area contributed by atoms with Crippen LogP contribution >= 0.6 is 11.6 Å². The second-order valence-corrected chi connectivity index (χ2v) is 6.90. The van der Waals surface area contributed by atoms with Crippen molar-refractivity contribution in [1.82, 2.24) is 10.6 Å². The van der Waals surface area contributed by atoms with Crippen molar-refractivity contribution in [3.63, 3.8) is 0 Å². The highest BCUT2D eigenvalue weighted by atomic mass is 35.5. The van der Waals surface area contributed by atoms with E-state index in [4.69, 9.17) is 11.6 Å². The molecular formula is C21H21ClN2O4. The highest BCUT2D eigenvalue weighted by Crippen LogP contribution is 2.13. The van der Waals surface area contributed by atoms with Crippen LogP contribution in [0.2, 0.25) is 5.02 Å². The lowest BCUT2D eigenvalue weighted by molar-refractivity contribution is -0.142. The first-order chi connectivity index (χ1) is 13.3. The van der Waals surface area contributed by atoms with Crippen molar-refractivity contribution >= 4 is 35.5 Å². The molecule has 3 N–H and O–H groups in total. The van der Waals surface area contributed by atoms with Crippen molar-refractivity contribution in [2.24, 2.45) is 5.92 Å². The molecule has 146 valence electrons. The normalized spacial score (nSPS) is 12.4. The number of hydrogen-bond acceptors (Lipinski definition) is 3. The van der Waals surface area contributed by atoms with Crippen LogP contribution in [0.4, 0.5) is 0 Å². The van der Waals surface area contributed by atoms with Crippen molar-refractivity contribution in [3.05, 3.63) is 76.4 Å². The largest absolute Gasteiger partial charge is 0.480 e. The van der Waals surface area contributed by atoms with Crippen molar-refractivity contribution in [2.45, 2.75) is 19.9 Å². The van der Waals surface area contributed by atoms with E-state index in [1.807, 2.05) is 0 Å². The van der Waals surface area contributed by atoms with E-state index in [9.17, 15) is 19.5 Å². The molecule has 2 aromatic carbocycles. The molecular weight excluding hydrogens is 380 g/mol. The van der Waals surface area contributed by atoms with Crippen molar-refractivity contribution < 1.29 is 19.5 Å². The van der Waals surface area contributed by atoms with E-state index < -0.39 is 23.8 Å². The number of carboxylic acid groups (broad SMARTS) is 1. The van der Waals surface area contributed by atoms with Gasteiger partial charge in [-0.25, -0.2) is 4.79 Å². The summed E-state index contributed by atoms with van der Waals surface area (Å²) in [5.74, 6) is -2.65. The number of benzene rings is 2. The lowest BCUT2D eigenvalue weighted by Crippen LogP contribution is -2.47. The van der Waals surface area contributed by atoms with Crippen LogP contribution in [0.5, 0.6) is 0 Å². The Labute approximate surface area is 168 Å². The Balaban J connectivity index is 2.32. The van der Waals surface area contributed by atoms with Crippen LogP contribution in [-0.4, -0.2) is 28.9 Å². The summed E-state index contributed by atoms with van der Waals surface area (Å²) in [7, 11) is 0. The molecule has 28 heavy (non-hydrogen) atoms. The van der Waals surface area contributed by atoms with Gasteiger partial charge >= 0.3 is 5.97 Å². The molecule has 0 aliphatic carbocycles. The zero-order valence-electron chi connectivity index (χ0n) is 15.5. The molecule has 6 nitrogen and oxygen atoms in total. The van der Waals surface area contributed by atoms with Crippen LogP contribution in [0.15, 0.2) is 60.3 Å². The van der Waals surface area contributed by atoms with Gasteiger partial charge in [-0.05, 0) is 41.8 Å². The molecule has 7 heteroatoms. The van der Waals surface area contributed by atoms with Crippen LogP contribution in [-0.2, 0) is 9.59 Å². The molecule has 2 rings (SSSR count). The summed E-state index contributed by atoms with van der Waals surface area (Å²) in [4.78, 5) is 36.6. The van der Waals surface area contributed by atoms with E-state index >= 15 is 0 Å². The lowest BCUT2D eigenvalue weighted by Gasteiger charge is -2.19. The topological polar surface area (TPSA) is 95.5 Å². The Morgan fingerprint density at radius 1 is 1.00 bits per heavy atom. The summed E-state index contributed by atoms with van der Waals surface area (Å²) in [6.07, 6.45) is 1.46. The molecule has 0 spiro atoms. The molecule has 2 aromatic rings. The smallest absolute Gasteiger partial charge is 0.326 e. The zero-order chi connectivity index (χ0) is 20.7.